The molecule has 0 aliphatic rings. The molecule has 88 valence electrons. The minimum atomic E-state index is -0.660. The van der Waals surface area contributed by atoms with E-state index in [1.165, 1.54) is 20.3 Å². The second-order valence-electron chi connectivity index (χ2n) is 2.81. The summed E-state index contributed by atoms with van der Waals surface area (Å²) in [6.45, 7) is -0.0763. The molecule has 16 heavy (non-hydrogen) atoms. The van der Waals surface area contributed by atoms with Crippen LogP contribution in [0.3, 0.4) is 0 Å². The van der Waals surface area contributed by atoms with Gasteiger partial charge < -0.3 is 14.2 Å². The summed E-state index contributed by atoms with van der Waals surface area (Å²) in [5, 5.41) is 0. The number of carbonyl (C=O) groups excluding carboxylic acids is 1. The zero-order valence-electron chi connectivity index (χ0n) is 8.75. The molecule has 0 aliphatic heterocycles. The van der Waals surface area contributed by atoms with Crippen molar-refractivity contribution in [2.75, 3.05) is 21.0 Å². The zero-order chi connectivity index (χ0) is 12.1. The van der Waals surface area contributed by atoms with E-state index < -0.39 is 11.8 Å². The van der Waals surface area contributed by atoms with Gasteiger partial charge in [-0.2, -0.15) is 0 Å². The molecule has 0 saturated carbocycles. The Kier molecular flexibility index (Phi) is 4.70. The summed E-state index contributed by atoms with van der Waals surface area (Å²) in [5.41, 5.74) is 0.108. The van der Waals surface area contributed by atoms with E-state index in [9.17, 15) is 9.18 Å². The smallest absolute Gasteiger partial charge is 0.337 e. The Morgan fingerprint density at radius 2 is 2.12 bits per heavy atom. The Bertz CT molecular complexity index is 371. The normalized spacial score (nSPS) is 10.0. The summed E-state index contributed by atoms with van der Waals surface area (Å²) >= 11 is 3.10. The molecule has 0 bridgehead atoms. The molecule has 0 atom stereocenters. The van der Waals surface area contributed by atoms with Gasteiger partial charge in [-0.3, -0.25) is 0 Å². The molecule has 0 aliphatic carbocycles. The number of ether oxygens (including phenoxy) is 3. The van der Waals surface area contributed by atoms with E-state index in [0.717, 1.165) is 6.07 Å². The first-order valence-electron chi connectivity index (χ1n) is 4.29. The molecule has 0 N–H and O–H groups in total. The molecule has 6 heteroatoms. The molecule has 0 unspecified atom stereocenters. The van der Waals surface area contributed by atoms with Crippen molar-refractivity contribution in [3.05, 3.63) is 28.0 Å². The van der Waals surface area contributed by atoms with Gasteiger partial charge in [0.1, 0.15) is 0 Å². The Labute approximate surface area is 100 Å². The average molecular weight is 293 g/mol. The lowest BCUT2D eigenvalue weighted by Crippen LogP contribution is -2.05. The quantitative estimate of drug-likeness (QED) is 0.631. The van der Waals surface area contributed by atoms with Gasteiger partial charge in [-0.15, -0.1) is 0 Å². The molecule has 0 heterocycles. The van der Waals surface area contributed by atoms with E-state index in [1.54, 1.807) is 0 Å². The summed E-state index contributed by atoms with van der Waals surface area (Å²) in [6.07, 6.45) is 0. The van der Waals surface area contributed by atoms with Gasteiger partial charge in [-0.25, -0.2) is 9.18 Å². The van der Waals surface area contributed by atoms with Crippen LogP contribution in [0.2, 0.25) is 0 Å². The fourth-order valence-corrected chi connectivity index (χ4v) is 1.60. The lowest BCUT2D eigenvalue weighted by Gasteiger charge is -2.09. The van der Waals surface area contributed by atoms with Crippen LogP contribution in [0, 0.1) is 5.82 Å². The highest BCUT2D eigenvalue weighted by Crippen LogP contribution is 2.29. The predicted octanol–water partition coefficient (Wildman–Crippen LogP) is 2.36. The summed E-state index contributed by atoms with van der Waals surface area (Å²) in [5.74, 6) is -1.28. The van der Waals surface area contributed by atoms with E-state index in [0.29, 0.717) is 4.47 Å². The number of benzene rings is 1. The van der Waals surface area contributed by atoms with E-state index >= 15 is 0 Å². The third kappa shape index (κ3) is 2.93. The van der Waals surface area contributed by atoms with Crippen LogP contribution in [0.4, 0.5) is 4.39 Å². The van der Waals surface area contributed by atoms with E-state index in [4.69, 9.17) is 4.74 Å². The molecular weight excluding hydrogens is 283 g/mol. The van der Waals surface area contributed by atoms with Gasteiger partial charge in [0.25, 0.3) is 0 Å². The van der Waals surface area contributed by atoms with Crippen LogP contribution in [0.5, 0.6) is 5.75 Å². The molecule has 0 saturated heterocycles. The summed E-state index contributed by atoms with van der Waals surface area (Å²) < 4.78 is 28.0. The van der Waals surface area contributed by atoms with Gasteiger partial charge in [0, 0.05) is 7.11 Å². The van der Waals surface area contributed by atoms with Crippen molar-refractivity contribution >= 4 is 21.9 Å². The Hall–Kier alpha value is -1.14. The van der Waals surface area contributed by atoms with Crippen molar-refractivity contribution < 1.29 is 23.4 Å². The average Bonchev–Trinajstić information content (AvgIpc) is 2.26. The summed E-state index contributed by atoms with van der Waals surface area (Å²) in [7, 11) is 2.65. The second-order valence-corrected chi connectivity index (χ2v) is 3.67. The van der Waals surface area contributed by atoms with E-state index in [1.807, 2.05) is 0 Å². The monoisotopic (exact) mass is 292 g/mol. The number of rotatable bonds is 4. The number of methoxy groups -OCH3 is 2. The van der Waals surface area contributed by atoms with Crippen LogP contribution < -0.4 is 4.74 Å². The lowest BCUT2D eigenvalue weighted by atomic mass is 10.2. The van der Waals surface area contributed by atoms with Crippen LogP contribution in [-0.4, -0.2) is 27.0 Å². The fourth-order valence-electron chi connectivity index (χ4n) is 1.05. The largest absolute Gasteiger partial charge is 0.465 e. The van der Waals surface area contributed by atoms with Crippen molar-refractivity contribution in [3.63, 3.8) is 0 Å². The first-order chi connectivity index (χ1) is 7.60. The van der Waals surface area contributed by atoms with Gasteiger partial charge in [-0.05, 0) is 28.1 Å². The maximum atomic E-state index is 13.5. The molecule has 1 aromatic rings. The van der Waals surface area contributed by atoms with Crippen LogP contribution >= 0.6 is 15.9 Å². The van der Waals surface area contributed by atoms with Crippen molar-refractivity contribution in [3.8, 4) is 5.75 Å². The second kappa shape index (κ2) is 5.81. The number of hydrogen-bond acceptors (Lipinski definition) is 4. The number of halogens is 2. The molecule has 1 aromatic carbocycles. The minimum absolute atomic E-state index is 0.00509. The van der Waals surface area contributed by atoms with Crippen molar-refractivity contribution in [1.82, 2.24) is 0 Å². The number of esters is 1. The first-order valence-corrected chi connectivity index (χ1v) is 5.08. The highest BCUT2D eigenvalue weighted by Gasteiger charge is 2.15. The topological polar surface area (TPSA) is 44.8 Å². The molecular formula is C10H10BrFO4. The first kappa shape index (κ1) is 12.9. The molecule has 0 aromatic heterocycles. The van der Waals surface area contributed by atoms with Crippen molar-refractivity contribution in [1.29, 1.82) is 0 Å². The van der Waals surface area contributed by atoms with Crippen LogP contribution in [0.25, 0.3) is 0 Å². The summed E-state index contributed by atoms with van der Waals surface area (Å²) in [4.78, 5) is 11.2. The standard InChI is InChI=1S/C10H10BrFO4/c1-14-5-16-9-7(11)3-6(4-8(9)12)10(13)15-2/h3-4H,5H2,1-2H3. The van der Waals surface area contributed by atoms with Gasteiger partial charge in [0.15, 0.2) is 18.4 Å². The van der Waals surface area contributed by atoms with E-state index in [-0.39, 0.29) is 18.1 Å². The predicted molar refractivity (Wildman–Crippen MR) is 57.9 cm³/mol. The van der Waals surface area contributed by atoms with Gasteiger partial charge in [0.2, 0.25) is 0 Å². The Balaban J connectivity index is 3.02. The summed E-state index contributed by atoms with van der Waals surface area (Å²) in [6, 6.07) is 2.46. The molecule has 1 rings (SSSR count). The number of carbonyl (C=O) groups is 1. The van der Waals surface area contributed by atoms with Gasteiger partial charge in [-0.1, -0.05) is 0 Å². The third-order valence-corrected chi connectivity index (χ3v) is 2.33. The fraction of sp³-hybridized carbons (Fsp3) is 0.300. The van der Waals surface area contributed by atoms with Crippen LogP contribution in [0.1, 0.15) is 10.4 Å². The maximum absolute atomic E-state index is 13.5. The third-order valence-electron chi connectivity index (χ3n) is 1.74. The molecule has 0 radical (unpaired) electrons. The van der Waals surface area contributed by atoms with Gasteiger partial charge in [0.05, 0.1) is 17.1 Å². The van der Waals surface area contributed by atoms with Crippen LogP contribution in [-0.2, 0) is 9.47 Å². The number of hydrogen-bond donors (Lipinski definition) is 0. The lowest BCUT2D eigenvalue weighted by molar-refractivity contribution is 0.0476. The minimum Gasteiger partial charge on any atom is -0.465 e. The SMILES string of the molecule is COCOc1c(F)cc(C(=O)OC)cc1Br. The zero-order valence-corrected chi connectivity index (χ0v) is 10.3. The highest BCUT2D eigenvalue weighted by molar-refractivity contribution is 9.10. The Morgan fingerprint density at radius 1 is 1.44 bits per heavy atom. The van der Waals surface area contributed by atoms with Crippen LogP contribution in [0.15, 0.2) is 16.6 Å². The molecule has 0 spiro atoms. The van der Waals surface area contributed by atoms with Crippen molar-refractivity contribution in [2.24, 2.45) is 0 Å². The van der Waals surface area contributed by atoms with Crippen molar-refractivity contribution in [2.45, 2.75) is 0 Å². The molecule has 0 amide bonds. The Morgan fingerprint density at radius 3 is 2.62 bits per heavy atom. The highest BCUT2D eigenvalue weighted by atomic mass is 79.9. The van der Waals surface area contributed by atoms with Gasteiger partial charge >= 0.3 is 5.97 Å². The molecule has 4 nitrogen and oxygen atoms in total. The maximum Gasteiger partial charge on any atom is 0.337 e. The molecule has 0 fully saturated rings. The van der Waals surface area contributed by atoms with E-state index in [2.05, 4.69) is 25.4 Å².